The summed E-state index contributed by atoms with van der Waals surface area (Å²) >= 11 is 0. The second-order valence-electron chi connectivity index (χ2n) is 8.42. The Morgan fingerprint density at radius 2 is 2.06 bits per heavy atom. The van der Waals surface area contributed by atoms with Gasteiger partial charge in [-0.1, -0.05) is 12.8 Å². The van der Waals surface area contributed by atoms with E-state index in [2.05, 4.69) is 26.5 Å². The molecule has 168 valence electrons. The number of piperazine rings is 1. The maximum absolute atomic E-state index is 12.3. The predicted octanol–water partition coefficient (Wildman–Crippen LogP) is 3.23. The molecule has 0 radical (unpaired) electrons. The number of nitrogens with zero attached hydrogens (tertiary/aromatic N) is 6. The van der Waals surface area contributed by atoms with Gasteiger partial charge < -0.3 is 15.0 Å². The zero-order valence-corrected chi connectivity index (χ0v) is 18.5. The monoisotopic (exact) mass is 443 g/mol. The molecule has 9 nitrogen and oxygen atoms in total. The van der Waals surface area contributed by atoms with Crippen LogP contribution in [-0.2, 0) is 4.79 Å². The highest BCUT2D eigenvalue weighted by Crippen LogP contribution is 2.35. The standard InChI is InChI=1S/C24H25N7O2/c1-16-28-20(18-4-2-3-5-18)11-23(29-16)33-22-10-17(12-25)6-7-21(22)31-15-19(13-27-31)30-9-8-26-14-24(30)32/h6-7,10-11,13,15,18,26H,2-5,8-9,14H2,1H3. The van der Waals surface area contributed by atoms with E-state index in [1.54, 1.807) is 40.2 Å². The number of aromatic nitrogens is 4. The summed E-state index contributed by atoms with van der Waals surface area (Å²) in [5.41, 5.74) is 2.85. The van der Waals surface area contributed by atoms with Gasteiger partial charge in [0.2, 0.25) is 11.8 Å². The van der Waals surface area contributed by atoms with E-state index in [-0.39, 0.29) is 5.91 Å². The lowest BCUT2D eigenvalue weighted by molar-refractivity contribution is -0.118. The van der Waals surface area contributed by atoms with E-state index < -0.39 is 0 Å². The Morgan fingerprint density at radius 3 is 2.85 bits per heavy atom. The maximum atomic E-state index is 12.3. The Bertz CT molecular complexity index is 1220. The third-order valence-electron chi connectivity index (χ3n) is 6.13. The van der Waals surface area contributed by atoms with Crippen LogP contribution < -0.4 is 15.0 Å². The van der Waals surface area contributed by atoms with Gasteiger partial charge in [0.1, 0.15) is 11.5 Å². The molecule has 5 rings (SSSR count). The molecule has 0 bridgehead atoms. The Morgan fingerprint density at radius 1 is 1.21 bits per heavy atom. The van der Waals surface area contributed by atoms with Crippen LogP contribution in [-0.4, -0.2) is 45.3 Å². The van der Waals surface area contributed by atoms with Crippen LogP contribution in [0.5, 0.6) is 11.6 Å². The molecule has 33 heavy (non-hydrogen) atoms. The van der Waals surface area contributed by atoms with E-state index in [0.29, 0.717) is 47.7 Å². The minimum Gasteiger partial charge on any atom is -0.437 e. The van der Waals surface area contributed by atoms with E-state index >= 15 is 0 Å². The summed E-state index contributed by atoms with van der Waals surface area (Å²) in [7, 11) is 0. The molecular weight excluding hydrogens is 418 g/mol. The molecule has 2 aliphatic rings. The number of nitrogens with one attached hydrogen (secondary N) is 1. The van der Waals surface area contributed by atoms with Crippen LogP contribution in [0.25, 0.3) is 5.69 Å². The molecule has 0 unspecified atom stereocenters. The molecule has 2 fully saturated rings. The molecular formula is C24H25N7O2. The van der Waals surface area contributed by atoms with Crippen LogP contribution in [0.4, 0.5) is 5.69 Å². The quantitative estimate of drug-likeness (QED) is 0.645. The highest BCUT2D eigenvalue weighted by Gasteiger charge is 2.22. The first-order valence-electron chi connectivity index (χ1n) is 11.2. The number of rotatable bonds is 5. The molecule has 3 aromatic rings. The normalized spacial score (nSPS) is 16.7. The maximum Gasteiger partial charge on any atom is 0.241 e. The van der Waals surface area contributed by atoms with Crippen molar-refractivity contribution in [3.05, 3.63) is 53.7 Å². The van der Waals surface area contributed by atoms with Crippen molar-refractivity contribution in [2.24, 2.45) is 0 Å². The summed E-state index contributed by atoms with van der Waals surface area (Å²) in [4.78, 5) is 23.1. The molecule has 0 spiro atoms. The number of hydrogen-bond donors (Lipinski definition) is 1. The number of hydrogen-bond acceptors (Lipinski definition) is 7. The Hall–Kier alpha value is -3.77. The molecule has 1 saturated heterocycles. The van der Waals surface area contributed by atoms with Gasteiger partial charge in [0.15, 0.2) is 5.75 Å². The van der Waals surface area contributed by atoms with Crippen LogP contribution in [0.1, 0.15) is 48.7 Å². The van der Waals surface area contributed by atoms with Gasteiger partial charge in [-0.15, -0.1) is 0 Å². The number of carbonyl (C=O) groups is 1. The van der Waals surface area contributed by atoms with Gasteiger partial charge >= 0.3 is 0 Å². The second-order valence-corrected chi connectivity index (χ2v) is 8.42. The van der Waals surface area contributed by atoms with Crippen LogP contribution in [0.2, 0.25) is 0 Å². The van der Waals surface area contributed by atoms with E-state index in [4.69, 9.17) is 4.74 Å². The molecule has 1 N–H and O–H groups in total. The zero-order chi connectivity index (χ0) is 22.8. The molecule has 3 heterocycles. The number of carbonyl (C=O) groups excluding carboxylic acids is 1. The highest BCUT2D eigenvalue weighted by molar-refractivity contribution is 5.95. The molecule has 0 atom stereocenters. The average molecular weight is 444 g/mol. The predicted molar refractivity (Wildman–Crippen MR) is 122 cm³/mol. The molecule has 9 heteroatoms. The van der Waals surface area contributed by atoms with Crippen LogP contribution in [0, 0.1) is 18.3 Å². The summed E-state index contributed by atoms with van der Waals surface area (Å²) in [5.74, 6) is 2.01. The Balaban J connectivity index is 1.48. The Labute approximate surface area is 192 Å². The van der Waals surface area contributed by atoms with Crippen molar-refractivity contribution in [3.8, 4) is 23.4 Å². The summed E-state index contributed by atoms with van der Waals surface area (Å²) < 4.78 is 7.87. The van der Waals surface area contributed by atoms with E-state index in [1.165, 1.54) is 12.8 Å². The first kappa shape index (κ1) is 21.1. The van der Waals surface area contributed by atoms with Crippen LogP contribution >= 0.6 is 0 Å². The number of amides is 1. The second kappa shape index (κ2) is 9.00. The molecule has 1 amide bonds. The van der Waals surface area contributed by atoms with Crippen molar-refractivity contribution in [2.45, 2.75) is 38.5 Å². The molecule has 1 saturated carbocycles. The third kappa shape index (κ3) is 4.43. The van der Waals surface area contributed by atoms with E-state index in [0.717, 1.165) is 30.8 Å². The zero-order valence-electron chi connectivity index (χ0n) is 18.5. The lowest BCUT2D eigenvalue weighted by atomic mass is 10.0. The van der Waals surface area contributed by atoms with Crippen molar-refractivity contribution in [1.82, 2.24) is 25.1 Å². The Kier molecular flexibility index (Phi) is 5.75. The van der Waals surface area contributed by atoms with Crippen molar-refractivity contribution in [1.29, 1.82) is 5.26 Å². The smallest absolute Gasteiger partial charge is 0.241 e. The number of aryl methyl sites for hydroxylation is 1. The lowest BCUT2D eigenvalue weighted by Gasteiger charge is -2.25. The van der Waals surface area contributed by atoms with Gasteiger partial charge in [-0.2, -0.15) is 15.3 Å². The molecule has 1 aromatic carbocycles. The largest absolute Gasteiger partial charge is 0.437 e. The van der Waals surface area contributed by atoms with Crippen molar-refractivity contribution >= 4 is 11.6 Å². The molecule has 1 aliphatic carbocycles. The van der Waals surface area contributed by atoms with Gasteiger partial charge in [-0.3, -0.25) is 4.79 Å². The third-order valence-corrected chi connectivity index (χ3v) is 6.13. The van der Waals surface area contributed by atoms with Gasteiger partial charge in [0.25, 0.3) is 0 Å². The fourth-order valence-electron chi connectivity index (χ4n) is 4.48. The van der Waals surface area contributed by atoms with E-state index in [1.807, 2.05) is 13.0 Å². The van der Waals surface area contributed by atoms with Crippen LogP contribution in [0.3, 0.4) is 0 Å². The van der Waals surface area contributed by atoms with Gasteiger partial charge in [-0.05, 0) is 31.9 Å². The summed E-state index contributed by atoms with van der Waals surface area (Å²) in [6.07, 6.45) is 8.16. The summed E-state index contributed by atoms with van der Waals surface area (Å²) in [5, 5.41) is 16.9. The fraction of sp³-hybridized carbons (Fsp3) is 0.375. The first-order chi connectivity index (χ1) is 16.1. The topological polar surface area (TPSA) is 109 Å². The first-order valence-corrected chi connectivity index (χ1v) is 11.2. The number of benzene rings is 1. The number of anilines is 1. The summed E-state index contributed by atoms with van der Waals surface area (Å²) in [6.45, 7) is 3.50. The average Bonchev–Trinajstić information content (AvgIpc) is 3.52. The summed E-state index contributed by atoms with van der Waals surface area (Å²) in [6, 6.07) is 9.25. The van der Waals surface area contributed by atoms with Gasteiger partial charge in [0.05, 0.1) is 42.0 Å². The SMILES string of the molecule is Cc1nc(Oc2cc(C#N)ccc2-n2cc(N3CCNCC3=O)cn2)cc(C2CCCC2)n1. The minimum atomic E-state index is 0.00741. The van der Waals surface area contributed by atoms with E-state index in [9.17, 15) is 10.1 Å². The van der Waals surface area contributed by atoms with Gasteiger partial charge in [-0.25, -0.2) is 9.67 Å². The van der Waals surface area contributed by atoms with Gasteiger partial charge in [0, 0.05) is 31.1 Å². The molecule has 2 aromatic heterocycles. The molecule has 1 aliphatic heterocycles. The van der Waals surface area contributed by atoms with Crippen molar-refractivity contribution < 1.29 is 9.53 Å². The lowest BCUT2D eigenvalue weighted by Crippen LogP contribution is -2.48. The van der Waals surface area contributed by atoms with Crippen molar-refractivity contribution in [3.63, 3.8) is 0 Å². The van der Waals surface area contributed by atoms with Crippen LogP contribution in [0.15, 0.2) is 36.7 Å². The fourth-order valence-corrected chi connectivity index (χ4v) is 4.48. The highest BCUT2D eigenvalue weighted by atomic mass is 16.5. The van der Waals surface area contributed by atoms with Crippen molar-refractivity contribution in [2.75, 3.05) is 24.5 Å². The number of nitriles is 1. The minimum absolute atomic E-state index is 0.00741. The number of ether oxygens (including phenoxy) is 1.